The fourth-order valence-corrected chi connectivity index (χ4v) is 2.12. The van der Waals surface area contributed by atoms with Gasteiger partial charge in [0, 0.05) is 0 Å². The molecule has 0 amide bonds. The normalized spacial score (nSPS) is 14.1. The molecule has 0 aliphatic rings. The fraction of sp³-hybridized carbons (Fsp3) is 0.0526. The summed E-state index contributed by atoms with van der Waals surface area (Å²) in [6.45, 7) is 1.92. The van der Waals surface area contributed by atoms with E-state index in [2.05, 4.69) is 0 Å². The lowest BCUT2D eigenvalue weighted by Gasteiger charge is -2.11. The average Bonchev–Trinajstić information content (AvgIpc) is 2.59. The molecule has 3 rings (SSSR count). The van der Waals surface area contributed by atoms with Crippen LogP contribution in [0.5, 0.6) is 0 Å². The number of hydrogen-bond donors (Lipinski definition) is 0. The van der Waals surface area contributed by atoms with Gasteiger partial charge in [0.15, 0.2) is 0 Å². The van der Waals surface area contributed by atoms with E-state index in [1.807, 2.05) is 55.5 Å². The van der Waals surface area contributed by atoms with Crippen molar-refractivity contribution in [3.05, 3.63) is 84.3 Å². The standard InChI is InChI=1S/C19H16/c1-15-12-13-18(16-8-4-2-5-9-16)19(14-15)17-10-6-3-7-11-17/h2-14H,1H3/i3D,6D,7D,10D,11D. The minimum absolute atomic E-state index is 0.177. The van der Waals surface area contributed by atoms with Gasteiger partial charge in [-0.2, -0.15) is 0 Å². The van der Waals surface area contributed by atoms with Crippen LogP contribution in [0.25, 0.3) is 22.3 Å². The summed E-state index contributed by atoms with van der Waals surface area (Å²) in [5, 5.41) is 0. The van der Waals surface area contributed by atoms with E-state index >= 15 is 0 Å². The Labute approximate surface area is 121 Å². The van der Waals surface area contributed by atoms with Crippen LogP contribution in [0.1, 0.15) is 12.4 Å². The number of rotatable bonds is 2. The van der Waals surface area contributed by atoms with Gasteiger partial charge in [0.05, 0.1) is 6.85 Å². The molecule has 0 heterocycles. The van der Waals surface area contributed by atoms with Gasteiger partial charge in [-0.15, -0.1) is 0 Å². The average molecular weight is 249 g/mol. The molecule has 0 radical (unpaired) electrons. The first-order chi connectivity index (χ1) is 11.4. The predicted molar refractivity (Wildman–Crippen MR) is 82.1 cm³/mol. The zero-order chi connectivity index (χ0) is 17.4. The molecule has 0 bridgehead atoms. The third-order valence-corrected chi connectivity index (χ3v) is 3.03. The van der Waals surface area contributed by atoms with E-state index in [4.69, 9.17) is 6.85 Å². The van der Waals surface area contributed by atoms with Crippen LogP contribution in [0.2, 0.25) is 0 Å². The van der Waals surface area contributed by atoms with Gasteiger partial charge in [-0.25, -0.2) is 0 Å². The van der Waals surface area contributed by atoms with E-state index in [1.165, 1.54) is 0 Å². The number of hydrogen-bond acceptors (Lipinski definition) is 0. The van der Waals surface area contributed by atoms with E-state index in [9.17, 15) is 0 Å². The van der Waals surface area contributed by atoms with E-state index in [-0.39, 0.29) is 35.8 Å². The van der Waals surface area contributed by atoms with Gasteiger partial charge >= 0.3 is 0 Å². The van der Waals surface area contributed by atoms with Crippen LogP contribution < -0.4 is 0 Å². The largest absolute Gasteiger partial charge is 0.0629 e. The van der Waals surface area contributed by atoms with Gasteiger partial charge in [-0.1, -0.05) is 84.3 Å². The quantitative estimate of drug-likeness (QED) is 0.576. The van der Waals surface area contributed by atoms with Crippen molar-refractivity contribution in [2.45, 2.75) is 6.92 Å². The Balaban J connectivity index is 2.38. The summed E-state index contributed by atoms with van der Waals surface area (Å²) < 4.78 is 40.0. The number of aryl methyl sites for hydroxylation is 1. The highest BCUT2D eigenvalue weighted by atomic mass is 14.1. The lowest BCUT2D eigenvalue weighted by atomic mass is 9.93. The van der Waals surface area contributed by atoms with Crippen LogP contribution in [0.4, 0.5) is 0 Å². The first-order valence-corrected chi connectivity index (χ1v) is 6.15. The van der Waals surface area contributed by atoms with Gasteiger partial charge < -0.3 is 0 Å². The van der Waals surface area contributed by atoms with Crippen molar-refractivity contribution in [1.29, 1.82) is 0 Å². The molecular weight excluding hydrogens is 228 g/mol. The third-order valence-electron chi connectivity index (χ3n) is 3.03. The van der Waals surface area contributed by atoms with Gasteiger partial charge in [0.2, 0.25) is 0 Å². The minimum Gasteiger partial charge on any atom is -0.0622 e. The van der Waals surface area contributed by atoms with Crippen LogP contribution in [-0.4, -0.2) is 0 Å². The second-order valence-corrected chi connectivity index (χ2v) is 4.42. The minimum atomic E-state index is -0.373. The SMILES string of the molecule is [2H]c1c([2H])c([2H])c(-c2cc(C)ccc2-c2ccccc2)c([2H])c1[2H]. The summed E-state index contributed by atoms with van der Waals surface area (Å²) in [6, 6.07) is 14.1. The Morgan fingerprint density at radius 3 is 2.21 bits per heavy atom. The summed E-state index contributed by atoms with van der Waals surface area (Å²) in [7, 11) is 0. The molecule has 0 heteroatoms. The van der Waals surface area contributed by atoms with Crippen molar-refractivity contribution < 1.29 is 6.85 Å². The second kappa shape index (κ2) is 5.11. The van der Waals surface area contributed by atoms with Gasteiger partial charge in [0.25, 0.3) is 0 Å². The maximum Gasteiger partial charge on any atom is 0.0629 e. The van der Waals surface area contributed by atoms with Gasteiger partial charge in [-0.3, -0.25) is 0 Å². The van der Waals surface area contributed by atoms with Crippen molar-refractivity contribution in [2.75, 3.05) is 0 Å². The summed E-state index contributed by atoms with van der Waals surface area (Å²) >= 11 is 0. The monoisotopic (exact) mass is 249 g/mol. The number of benzene rings is 3. The summed E-state index contributed by atoms with van der Waals surface area (Å²) in [5.74, 6) is 0. The molecule has 0 nitrogen and oxygen atoms in total. The maximum absolute atomic E-state index is 8.23. The molecular formula is C19H16. The van der Waals surface area contributed by atoms with E-state index in [0.29, 0.717) is 5.56 Å². The highest BCUT2D eigenvalue weighted by Gasteiger charge is 2.06. The molecule has 0 atom stereocenters. The third kappa shape index (κ3) is 2.43. The lowest BCUT2D eigenvalue weighted by molar-refractivity contribution is 1.46. The molecule has 0 unspecified atom stereocenters. The predicted octanol–water partition coefficient (Wildman–Crippen LogP) is 5.33. The van der Waals surface area contributed by atoms with Gasteiger partial charge in [-0.05, 0) is 29.2 Å². The smallest absolute Gasteiger partial charge is 0.0622 e. The molecule has 0 fully saturated rings. The molecule has 0 saturated carbocycles. The van der Waals surface area contributed by atoms with Crippen LogP contribution in [0, 0.1) is 6.92 Å². The van der Waals surface area contributed by atoms with E-state index < -0.39 is 0 Å². The maximum atomic E-state index is 8.23. The lowest BCUT2D eigenvalue weighted by Crippen LogP contribution is -1.86. The van der Waals surface area contributed by atoms with E-state index in [1.54, 1.807) is 0 Å². The Bertz CT molecular complexity index is 888. The van der Waals surface area contributed by atoms with E-state index in [0.717, 1.165) is 16.7 Å². The molecule has 19 heavy (non-hydrogen) atoms. The Morgan fingerprint density at radius 2 is 1.47 bits per heavy atom. The van der Waals surface area contributed by atoms with Crippen molar-refractivity contribution in [1.82, 2.24) is 0 Å². The van der Waals surface area contributed by atoms with Crippen molar-refractivity contribution in [2.24, 2.45) is 0 Å². The molecule has 3 aromatic carbocycles. The molecule has 3 aromatic rings. The molecule has 0 N–H and O–H groups in total. The first kappa shape index (κ1) is 7.30. The van der Waals surface area contributed by atoms with Crippen LogP contribution in [-0.2, 0) is 0 Å². The molecule has 0 aromatic heterocycles. The fourth-order valence-electron chi connectivity index (χ4n) is 2.12. The second-order valence-electron chi connectivity index (χ2n) is 4.42. The molecule has 0 saturated heterocycles. The van der Waals surface area contributed by atoms with Crippen LogP contribution in [0.3, 0.4) is 0 Å². The van der Waals surface area contributed by atoms with Crippen LogP contribution in [0.15, 0.2) is 78.7 Å². The summed E-state index contributed by atoms with van der Waals surface area (Å²) in [5.41, 5.74) is 3.65. The van der Waals surface area contributed by atoms with Gasteiger partial charge in [0.1, 0.15) is 0 Å². The first-order valence-electron chi connectivity index (χ1n) is 8.65. The topological polar surface area (TPSA) is 0 Å². The van der Waals surface area contributed by atoms with Crippen molar-refractivity contribution in [3.8, 4) is 22.3 Å². The zero-order valence-electron chi connectivity index (χ0n) is 15.6. The van der Waals surface area contributed by atoms with Crippen LogP contribution >= 0.6 is 0 Å². The molecule has 92 valence electrons. The molecule has 0 spiro atoms. The van der Waals surface area contributed by atoms with Crippen molar-refractivity contribution in [3.63, 3.8) is 0 Å². The Kier molecular flexibility index (Phi) is 1.96. The Hall–Kier alpha value is -2.34. The summed E-state index contributed by atoms with van der Waals surface area (Å²) in [6.07, 6.45) is 0. The molecule has 0 aliphatic heterocycles. The Morgan fingerprint density at radius 1 is 0.737 bits per heavy atom. The zero-order valence-corrected chi connectivity index (χ0v) is 10.6. The van der Waals surface area contributed by atoms with Crippen molar-refractivity contribution >= 4 is 0 Å². The summed E-state index contributed by atoms with van der Waals surface area (Å²) in [4.78, 5) is 0. The highest BCUT2D eigenvalue weighted by Crippen LogP contribution is 2.32. The highest BCUT2D eigenvalue weighted by molar-refractivity contribution is 5.83. The molecule has 0 aliphatic carbocycles.